The molecular formula is C12H17NO. The van der Waals surface area contributed by atoms with E-state index in [1.165, 1.54) is 11.6 Å². The van der Waals surface area contributed by atoms with Gasteiger partial charge in [-0.25, -0.2) is 0 Å². The van der Waals surface area contributed by atoms with Crippen LogP contribution in [0.1, 0.15) is 26.7 Å². The number of carbonyl (C=O) groups excluding carboxylic acids is 1. The fraction of sp³-hybridized carbons (Fsp3) is 0.417. The second kappa shape index (κ2) is 4.80. The highest BCUT2D eigenvalue weighted by atomic mass is 16.1. The van der Waals surface area contributed by atoms with Gasteiger partial charge in [-0.05, 0) is 24.5 Å². The van der Waals surface area contributed by atoms with Gasteiger partial charge < -0.3 is 5.32 Å². The highest BCUT2D eigenvalue weighted by molar-refractivity contribution is 5.88. The lowest BCUT2D eigenvalue weighted by molar-refractivity contribution is -0.115. The van der Waals surface area contributed by atoms with Gasteiger partial charge in [0.25, 0.3) is 0 Å². The van der Waals surface area contributed by atoms with Crippen LogP contribution in [0.25, 0.3) is 0 Å². The molecule has 0 aromatic rings. The molecule has 1 aliphatic rings. The lowest BCUT2D eigenvalue weighted by Gasteiger charge is -2.07. The quantitative estimate of drug-likeness (QED) is 0.680. The molecule has 0 atom stereocenters. The van der Waals surface area contributed by atoms with Crippen LogP contribution in [0.2, 0.25) is 0 Å². The molecule has 0 bridgehead atoms. The molecule has 76 valence electrons. The van der Waals surface area contributed by atoms with Crippen molar-refractivity contribution in [1.82, 2.24) is 5.32 Å². The first-order valence-corrected chi connectivity index (χ1v) is 4.94. The van der Waals surface area contributed by atoms with Gasteiger partial charge in [0.05, 0.1) is 0 Å². The predicted molar refractivity (Wildman–Crippen MR) is 58.6 cm³/mol. The molecule has 0 saturated carbocycles. The molecule has 0 aromatic heterocycles. The van der Waals surface area contributed by atoms with Gasteiger partial charge in [-0.15, -0.1) is 0 Å². The zero-order chi connectivity index (χ0) is 10.6. The summed E-state index contributed by atoms with van der Waals surface area (Å²) in [6.07, 6.45) is 7.33. The maximum Gasteiger partial charge on any atom is 0.247 e. The highest BCUT2D eigenvalue weighted by Crippen LogP contribution is 2.22. The monoisotopic (exact) mass is 191 g/mol. The number of nitrogens with one attached hydrogen (secondary N) is 1. The Hall–Kier alpha value is -1.31. The standard InChI is InChI=1S/C12H17NO/c1-4-12(14)13-11-6-5-10(8-11)7-9(2)3/h4-6,9H,1,7-8H2,2-3H3,(H,13,14). The molecule has 0 aliphatic heterocycles. The minimum absolute atomic E-state index is 0.129. The molecule has 0 fully saturated rings. The molecule has 1 N–H and O–H groups in total. The molecule has 0 spiro atoms. The van der Waals surface area contributed by atoms with Crippen LogP contribution in [-0.4, -0.2) is 5.91 Å². The van der Waals surface area contributed by atoms with E-state index in [1.54, 1.807) is 0 Å². The van der Waals surface area contributed by atoms with Crippen molar-refractivity contribution in [2.75, 3.05) is 0 Å². The summed E-state index contributed by atoms with van der Waals surface area (Å²) in [7, 11) is 0. The minimum Gasteiger partial charge on any atom is -0.326 e. The Bertz CT molecular complexity index is 297. The molecule has 1 aliphatic carbocycles. The molecule has 0 radical (unpaired) electrons. The van der Waals surface area contributed by atoms with Gasteiger partial charge in [0, 0.05) is 12.1 Å². The van der Waals surface area contributed by atoms with Crippen molar-refractivity contribution in [1.29, 1.82) is 0 Å². The summed E-state index contributed by atoms with van der Waals surface area (Å²) >= 11 is 0. The highest BCUT2D eigenvalue weighted by Gasteiger charge is 2.10. The summed E-state index contributed by atoms with van der Waals surface area (Å²) in [6.45, 7) is 7.80. The van der Waals surface area contributed by atoms with Crippen molar-refractivity contribution in [3.63, 3.8) is 0 Å². The fourth-order valence-electron chi connectivity index (χ4n) is 1.54. The van der Waals surface area contributed by atoms with Gasteiger partial charge in [-0.1, -0.05) is 32.1 Å². The topological polar surface area (TPSA) is 29.1 Å². The van der Waals surface area contributed by atoms with Crippen LogP contribution >= 0.6 is 0 Å². The number of hydrogen-bond donors (Lipinski definition) is 1. The Morgan fingerprint density at radius 3 is 2.93 bits per heavy atom. The maximum atomic E-state index is 11.0. The molecule has 2 nitrogen and oxygen atoms in total. The lowest BCUT2D eigenvalue weighted by atomic mass is 10.0. The molecular weight excluding hydrogens is 174 g/mol. The van der Waals surface area contributed by atoms with E-state index in [2.05, 4.69) is 31.8 Å². The van der Waals surface area contributed by atoms with Crippen molar-refractivity contribution in [2.45, 2.75) is 26.7 Å². The second-order valence-corrected chi connectivity index (χ2v) is 3.98. The van der Waals surface area contributed by atoms with Crippen LogP contribution in [0.3, 0.4) is 0 Å². The third kappa shape index (κ3) is 3.21. The van der Waals surface area contributed by atoms with E-state index in [1.807, 2.05) is 6.08 Å². The van der Waals surface area contributed by atoms with E-state index < -0.39 is 0 Å². The Morgan fingerprint density at radius 1 is 1.64 bits per heavy atom. The first-order chi connectivity index (χ1) is 6.61. The summed E-state index contributed by atoms with van der Waals surface area (Å²) in [5, 5.41) is 2.78. The average molecular weight is 191 g/mol. The second-order valence-electron chi connectivity index (χ2n) is 3.98. The van der Waals surface area contributed by atoms with Crippen molar-refractivity contribution in [2.24, 2.45) is 5.92 Å². The molecule has 1 rings (SSSR count). The molecule has 1 amide bonds. The van der Waals surface area contributed by atoms with Crippen LogP contribution in [-0.2, 0) is 4.79 Å². The van der Waals surface area contributed by atoms with Crippen LogP contribution < -0.4 is 5.32 Å². The summed E-state index contributed by atoms with van der Waals surface area (Å²) in [5.41, 5.74) is 2.37. The molecule has 0 heterocycles. The summed E-state index contributed by atoms with van der Waals surface area (Å²) in [5.74, 6) is 0.541. The third-order valence-corrected chi connectivity index (χ3v) is 2.08. The van der Waals surface area contributed by atoms with E-state index in [9.17, 15) is 4.79 Å². The van der Waals surface area contributed by atoms with Gasteiger partial charge in [0.15, 0.2) is 0 Å². The Kier molecular flexibility index (Phi) is 3.69. The van der Waals surface area contributed by atoms with Gasteiger partial charge in [-0.2, -0.15) is 0 Å². The normalized spacial score (nSPS) is 15.1. The lowest BCUT2D eigenvalue weighted by Crippen LogP contribution is -2.19. The number of allylic oxidation sites excluding steroid dienone is 3. The van der Waals surface area contributed by atoms with E-state index >= 15 is 0 Å². The van der Waals surface area contributed by atoms with Gasteiger partial charge in [0.2, 0.25) is 5.91 Å². The Morgan fingerprint density at radius 2 is 2.36 bits per heavy atom. The molecule has 0 unspecified atom stereocenters. The summed E-state index contributed by atoms with van der Waals surface area (Å²) in [4.78, 5) is 11.0. The van der Waals surface area contributed by atoms with Gasteiger partial charge >= 0.3 is 0 Å². The predicted octanol–water partition coefficient (Wildman–Crippen LogP) is 2.55. The van der Waals surface area contributed by atoms with Gasteiger partial charge in [-0.3, -0.25) is 4.79 Å². The molecule has 0 aromatic carbocycles. The van der Waals surface area contributed by atoms with Gasteiger partial charge in [0.1, 0.15) is 0 Å². The number of hydrogen-bond acceptors (Lipinski definition) is 1. The zero-order valence-electron chi connectivity index (χ0n) is 8.84. The number of carbonyl (C=O) groups is 1. The van der Waals surface area contributed by atoms with E-state index in [0.717, 1.165) is 18.5 Å². The first-order valence-electron chi connectivity index (χ1n) is 4.94. The zero-order valence-corrected chi connectivity index (χ0v) is 8.84. The van der Waals surface area contributed by atoms with Crippen molar-refractivity contribution < 1.29 is 4.79 Å². The number of amides is 1. The number of rotatable bonds is 4. The molecule has 14 heavy (non-hydrogen) atoms. The van der Waals surface area contributed by atoms with Crippen LogP contribution in [0.15, 0.2) is 36.1 Å². The van der Waals surface area contributed by atoms with Crippen molar-refractivity contribution >= 4 is 5.91 Å². The maximum absolute atomic E-state index is 11.0. The van der Waals surface area contributed by atoms with E-state index in [4.69, 9.17) is 0 Å². The fourth-order valence-corrected chi connectivity index (χ4v) is 1.54. The van der Waals surface area contributed by atoms with E-state index in [0.29, 0.717) is 5.92 Å². The Balaban J connectivity index is 2.37. The van der Waals surface area contributed by atoms with E-state index in [-0.39, 0.29) is 5.91 Å². The van der Waals surface area contributed by atoms with Crippen LogP contribution in [0, 0.1) is 5.92 Å². The average Bonchev–Trinajstić information content (AvgIpc) is 2.51. The summed E-state index contributed by atoms with van der Waals surface area (Å²) in [6, 6.07) is 0. The van der Waals surface area contributed by atoms with Crippen LogP contribution in [0.4, 0.5) is 0 Å². The van der Waals surface area contributed by atoms with Crippen molar-refractivity contribution in [3.05, 3.63) is 36.1 Å². The molecule has 0 saturated heterocycles. The Labute approximate surface area is 85.4 Å². The molecule has 2 heteroatoms. The first kappa shape index (κ1) is 10.8. The van der Waals surface area contributed by atoms with Crippen LogP contribution in [0.5, 0.6) is 0 Å². The minimum atomic E-state index is -0.129. The largest absolute Gasteiger partial charge is 0.326 e. The third-order valence-electron chi connectivity index (χ3n) is 2.08. The SMILES string of the molecule is C=CC(=O)NC1=CC=C(CC(C)C)C1. The smallest absolute Gasteiger partial charge is 0.247 e. The van der Waals surface area contributed by atoms with Crippen molar-refractivity contribution in [3.8, 4) is 0 Å². The summed E-state index contributed by atoms with van der Waals surface area (Å²) < 4.78 is 0.